The summed E-state index contributed by atoms with van der Waals surface area (Å²) >= 11 is 0. The average Bonchev–Trinajstić information content (AvgIpc) is 3.25. The van der Waals surface area contributed by atoms with Crippen LogP contribution in [0.3, 0.4) is 0 Å². The van der Waals surface area contributed by atoms with Gasteiger partial charge in [-0.15, -0.1) is 0 Å². The van der Waals surface area contributed by atoms with Gasteiger partial charge in [-0.3, -0.25) is 52.7 Å². The number of aliphatic carboxylic acids is 4. The van der Waals surface area contributed by atoms with Crippen LogP contribution < -0.4 is 10.6 Å². The standard InChI is InChI=1S/C48H85N6O13P/c1-54(2,3)34-37-67-68(65,66-36-19-17-15-13-11-9-7-5-4-6-8-10-12-14-16-18-35-55)42-22-20-41(21-23-42)49-44(56)25-24-43(48(63)64)53-32-30-51(39-46(59)60)28-26-50(38-45(57)58)27-29-52(31-33-53)40-47(61)62/h20-23,43,55H,4-19,24-40H2,1-3H3,(H4-,49,56,57,58,59,60,61,62,63,64,65)/p+1. The largest absolute Gasteiger partial charge is 0.480 e. The molecule has 2 atom stereocenters. The molecule has 1 aliphatic heterocycles. The van der Waals surface area contributed by atoms with Gasteiger partial charge in [0.25, 0.3) is 0 Å². The van der Waals surface area contributed by atoms with Crippen molar-refractivity contribution >= 4 is 48.4 Å². The Balaban J connectivity index is 1.96. The number of hydrogen-bond donors (Lipinski definition) is 6. The highest BCUT2D eigenvalue weighted by Crippen LogP contribution is 2.47. The number of rotatable bonds is 36. The van der Waals surface area contributed by atoms with Crippen molar-refractivity contribution in [3.05, 3.63) is 24.3 Å². The molecule has 2 rings (SSSR count). The van der Waals surface area contributed by atoms with Gasteiger partial charge in [0.05, 0.1) is 52.7 Å². The molecule has 1 aromatic rings. The summed E-state index contributed by atoms with van der Waals surface area (Å²) in [7, 11) is 2.34. The minimum atomic E-state index is -3.71. The Morgan fingerprint density at radius 2 is 0.971 bits per heavy atom. The van der Waals surface area contributed by atoms with Crippen LogP contribution in [-0.4, -0.2) is 205 Å². The van der Waals surface area contributed by atoms with Crippen molar-refractivity contribution in [2.45, 2.75) is 122 Å². The Bertz CT molecular complexity index is 1620. The van der Waals surface area contributed by atoms with Crippen LogP contribution in [0.5, 0.6) is 0 Å². The highest BCUT2D eigenvalue weighted by molar-refractivity contribution is 7.62. The maximum absolute atomic E-state index is 14.2. The second-order valence-corrected chi connectivity index (χ2v) is 21.1. The molecule has 20 heteroatoms. The second-order valence-electron chi connectivity index (χ2n) is 19.1. The summed E-state index contributed by atoms with van der Waals surface area (Å²) in [5, 5.41) is 50.9. The third-order valence-corrected chi connectivity index (χ3v) is 14.1. The minimum absolute atomic E-state index is 0.0960. The zero-order valence-electron chi connectivity index (χ0n) is 41.4. The van der Waals surface area contributed by atoms with Gasteiger partial charge in [-0.25, -0.2) is 0 Å². The molecule has 1 aromatic carbocycles. The molecule has 19 nitrogen and oxygen atoms in total. The van der Waals surface area contributed by atoms with Gasteiger partial charge in [-0.05, 0) is 43.5 Å². The third kappa shape index (κ3) is 28.8. The van der Waals surface area contributed by atoms with Crippen molar-refractivity contribution in [3.63, 3.8) is 0 Å². The van der Waals surface area contributed by atoms with Crippen molar-refractivity contribution in [2.75, 3.05) is 125 Å². The summed E-state index contributed by atoms with van der Waals surface area (Å²) in [6, 6.07) is 5.26. The topological polar surface area (TPSA) is 247 Å². The number of nitrogens with zero attached hydrogens (tertiary/aromatic N) is 5. The predicted octanol–water partition coefficient (Wildman–Crippen LogP) is 5.13. The Kier molecular flexibility index (Phi) is 30.9. The van der Waals surface area contributed by atoms with Crippen LogP contribution in [0.25, 0.3) is 0 Å². The number of unbranched alkanes of at least 4 members (excludes halogenated alkanes) is 15. The van der Waals surface area contributed by atoms with E-state index in [1.165, 1.54) is 64.2 Å². The third-order valence-electron chi connectivity index (χ3n) is 12.1. The lowest BCUT2D eigenvalue weighted by Gasteiger charge is -2.35. The monoisotopic (exact) mass is 986 g/mol. The SMILES string of the molecule is C[N+](C)(C)CCOP(=O)(OCCCCCCCCCCCCCCCCCCO)c1ccc(NC(=O)CCC(C(=O)O)N2CCN(CC(=O)O)CCN(CC(=O)O)CCN(CC(=O)O)CC2)cc1. The number of carbonyl (C=O) groups excluding carboxylic acids is 1. The van der Waals surface area contributed by atoms with Crippen LogP contribution >= 0.6 is 7.60 Å². The normalized spacial score (nSPS) is 16.6. The van der Waals surface area contributed by atoms with E-state index in [4.69, 9.17) is 14.2 Å². The highest BCUT2D eigenvalue weighted by atomic mass is 31.2. The molecule has 0 bridgehead atoms. The molecule has 0 aliphatic carbocycles. The molecular formula is C48H86N6O13P+. The smallest absolute Gasteiger partial charge is 0.361 e. The number of quaternary nitrogens is 1. The molecule has 1 amide bonds. The summed E-state index contributed by atoms with van der Waals surface area (Å²) in [5.41, 5.74) is 0.404. The van der Waals surface area contributed by atoms with E-state index >= 15 is 0 Å². The molecule has 1 aliphatic rings. The first kappa shape index (κ1) is 60.6. The fourth-order valence-electron chi connectivity index (χ4n) is 8.09. The van der Waals surface area contributed by atoms with Gasteiger partial charge in [-0.1, -0.05) is 89.9 Å². The van der Waals surface area contributed by atoms with Crippen LogP contribution in [0.2, 0.25) is 0 Å². The van der Waals surface area contributed by atoms with Crippen molar-refractivity contribution in [2.24, 2.45) is 0 Å². The molecule has 0 saturated carbocycles. The maximum atomic E-state index is 14.2. The number of aliphatic hydroxyl groups is 1. The molecule has 1 fully saturated rings. The predicted molar refractivity (Wildman–Crippen MR) is 263 cm³/mol. The molecule has 6 N–H and O–H groups in total. The number of aliphatic hydroxyl groups excluding tert-OH is 1. The number of amides is 1. The molecule has 390 valence electrons. The van der Waals surface area contributed by atoms with Crippen LogP contribution in [0.4, 0.5) is 5.69 Å². The van der Waals surface area contributed by atoms with E-state index in [2.05, 4.69) is 5.32 Å². The van der Waals surface area contributed by atoms with Gasteiger partial charge in [0, 0.05) is 71.1 Å². The number of carbonyl (C=O) groups is 5. The van der Waals surface area contributed by atoms with Gasteiger partial charge in [-0.2, -0.15) is 0 Å². The second kappa shape index (κ2) is 34.7. The number of benzene rings is 1. The van der Waals surface area contributed by atoms with Gasteiger partial charge >= 0.3 is 31.5 Å². The Morgan fingerprint density at radius 3 is 1.35 bits per heavy atom. The maximum Gasteiger partial charge on any atom is 0.361 e. The zero-order chi connectivity index (χ0) is 50.2. The van der Waals surface area contributed by atoms with Crippen molar-refractivity contribution in [3.8, 4) is 0 Å². The molecule has 0 aromatic heterocycles. The van der Waals surface area contributed by atoms with Gasteiger partial charge in [0.15, 0.2) is 0 Å². The van der Waals surface area contributed by atoms with Crippen LogP contribution in [0.15, 0.2) is 24.3 Å². The molecule has 2 unspecified atom stereocenters. The molecule has 0 spiro atoms. The van der Waals surface area contributed by atoms with Gasteiger partial charge < -0.3 is 39.9 Å². The van der Waals surface area contributed by atoms with E-state index in [1.807, 2.05) is 21.1 Å². The summed E-state index contributed by atoms with van der Waals surface area (Å²) in [4.78, 5) is 67.3. The molecule has 0 radical (unpaired) electrons. The summed E-state index contributed by atoms with van der Waals surface area (Å²) in [6.07, 6.45) is 18.5. The fraction of sp³-hybridized carbons (Fsp3) is 0.771. The molecule has 68 heavy (non-hydrogen) atoms. The average molecular weight is 986 g/mol. The lowest BCUT2D eigenvalue weighted by atomic mass is 10.0. The van der Waals surface area contributed by atoms with E-state index in [0.29, 0.717) is 28.6 Å². The van der Waals surface area contributed by atoms with E-state index in [0.717, 1.165) is 38.5 Å². The lowest BCUT2D eigenvalue weighted by Crippen LogP contribution is -2.52. The summed E-state index contributed by atoms with van der Waals surface area (Å²) in [5.74, 6) is -4.91. The van der Waals surface area contributed by atoms with Crippen LogP contribution in [0, 0.1) is 0 Å². The van der Waals surface area contributed by atoms with E-state index < -0.39 is 43.4 Å². The lowest BCUT2D eigenvalue weighted by molar-refractivity contribution is -0.870. The zero-order valence-corrected chi connectivity index (χ0v) is 42.3. The van der Waals surface area contributed by atoms with E-state index in [9.17, 15) is 49.0 Å². The first-order chi connectivity index (χ1) is 32.4. The Hall–Kier alpha value is -3.52. The summed E-state index contributed by atoms with van der Waals surface area (Å²) < 4.78 is 26.8. The number of carboxylic acids is 4. The molecule has 1 heterocycles. The number of anilines is 1. The van der Waals surface area contributed by atoms with Gasteiger partial charge in [0.2, 0.25) is 5.91 Å². The van der Waals surface area contributed by atoms with Crippen LogP contribution in [0.1, 0.15) is 116 Å². The van der Waals surface area contributed by atoms with Crippen LogP contribution in [-0.2, 0) is 37.6 Å². The molecular weight excluding hydrogens is 900 g/mol. The molecule has 1 saturated heterocycles. The first-order valence-corrected chi connectivity index (χ1v) is 26.4. The first-order valence-electron chi connectivity index (χ1n) is 24.9. The van der Waals surface area contributed by atoms with Crippen molar-refractivity contribution in [1.29, 1.82) is 0 Å². The number of hydrogen-bond acceptors (Lipinski definition) is 13. The Morgan fingerprint density at radius 1 is 0.588 bits per heavy atom. The minimum Gasteiger partial charge on any atom is -0.480 e. The Labute approximate surface area is 405 Å². The number of nitrogens with one attached hydrogen (secondary N) is 1. The van der Waals surface area contributed by atoms with Crippen molar-refractivity contribution < 1.29 is 67.6 Å². The quantitative estimate of drug-likeness (QED) is 0.0290. The van der Waals surface area contributed by atoms with Gasteiger partial charge in [0.1, 0.15) is 19.2 Å². The fourth-order valence-corrected chi connectivity index (χ4v) is 9.67. The van der Waals surface area contributed by atoms with Crippen molar-refractivity contribution in [1.82, 2.24) is 19.6 Å². The number of likely N-dealkylation sites (N-methyl/N-ethyl adjacent to an activating group) is 1. The van der Waals surface area contributed by atoms with E-state index in [1.54, 1.807) is 43.9 Å². The highest BCUT2D eigenvalue weighted by Gasteiger charge is 2.30. The summed E-state index contributed by atoms with van der Waals surface area (Å²) in [6.45, 7) is 1.65. The van der Waals surface area contributed by atoms with E-state index in [-0.39, 0.29) is 98.0 Å². The number of carboxylic acid groups (broad SMARTS) is 4.